The molecule has 2 heterocycles. The predicted molar refractivity (Wildman–Crippen MR) is 95.0 cm³/mol. The van der Waals surface area contributed by atoms with E-state index in [-0.39, 0.29) is 11.4 Å². The van der Waals surface area contributed by atoms with Crippen LogP contribution < -0.4 is 5.32 Å². The van der Waals surface area contributed by atoms with E-state index in [1.54, 1.807) is 18.3 Å². The summed E-state index contributed by atoms with van der Waals surface area (Å²) in [7, 11) is 0. The first-order valence-electron chi connectivity index (χ1n) is 7.91. The number of anilines is 1. The minimum absolute atomic E-state index is 0.264. The molecule has 3 aromatic rings. The van der Waals surface area contributed by atoms with Crippen LogP contribution in [0.1, 0.15) is 32.6 Å². The molecule has 0 spiro atoms. The van der Waals surface area contributed by atoms with Crippen molar-refractivity contribution in [2.75, 3.05) is 5.32 Å². The Labute approximate surface area is 152 Å². The van der Waals surface area contributed by atoms with Crippen molar-refractivity contribution >= 4 is 22.9 Å². The number of carbonyl (C=O) groups excluding carboxylic acids is 1. The first-order chi connectivity index (χ1) is 12.3. The van der Waals surface area contributed by atoms with E-state index in [9.17, 15) is 18.0 Å². The number of rotatable bonds is 4. The largest absolute Gasteiger partial charge is 0.418 e. The van der Waals surface area contributed by atoms with Gasteiger partial charge in [0.1, 0.15) is 0 Å². The van der Waals surface area contributed by atoms with E-state index >= 15 is 0 Å². The number of nitrogens with zero attached hydrogens (tertiary/aromatic N) is 2. The highest BCUT2D eigenvalue weighted by molar-refractivity contribution is 7.14. The van der Waals surface area contributed by atoms with Crippen LogP contribution in [-0.2, 0) is 12.6 Å². The number of thiophene rings is 1. The molecule has 1 amide bonds. The molecule has 0 atom stereocenters. The molecule has 0 aliphatic carbocycles. The molecule has 0 unspecified atom stereocenters. The second kappa shape index (κ2) is 6.95. The van der Waals surface area contributed by atoms with Gasteiger partial charge < -0.3 is 5.32 Å². The van der Waals surface area contributed by atoms with Crippen molar-refractivity contribution < 1.29 is 18.0 Å². The fourth-order valence-corrected chi connectivity index (χ4v) is 3.62. The zero-order chi connectivity index (χ0) is 18.9. The summed E-state index contributed by atoms with van der Waals surface area (Å²) in [5.74, 6) is -0.546. The lowest BCUT2D eigenvalue weighted by Gasteiger charge is -2.15. The zero-order valence-electron chi connectivity index (χ0n) is 14.1. The maximum Gasteiger partial charge on any atom is 0.418 e. The fraction of sp³-hybridized carbons (Fsp3) is 0.222. The van der Waals surface area contributed by atoms with Crippen LogP contribution in [0, 0.1) is 6.92 Å². The molecule has 26 heavy (non-hydrogen) atoms. The Kier molecular flexibility index (Phi) is 4.86. The number of benzene rings is 1. The molecule has 1 N–H and O–H groups in total. The number of carbonyl (C=O) groups is 1. The lowest BCUT2D eigenvalue weighted by atomic mass is 10.1. The van der Waals surface area contributed by atoms with Crippen molar-refractivity contribution in [3.8, 4) is 5.69 Å². The van der Waals surface area contributed by atoms with E-state index in [4.69, 9.17) is 0 Å². The van der Waals surface area contributed by atoms with Gasteiger partial charge in [0.25, 0.3) is 5.91 Å². The Morgan fingerprint density at radius 3 is 2.65 bits per heavy atom. The molecule has 0 bridgehead atoms. The molecule has 0 aliphatic heterocycles. The summed E-state index contributed by atoms with van der Waals surface area (Å²) < 4.78 is 41.7. The quantitative estimate of drug-likeness (QED) is 0.687. The zero-order valence-corrected chi connectivity index (χ0v) is 14.9. The van der Waals surface area contributed by atoms with Crippen molar-refractivity contribution in [2.45, 2.75) is 26.4 Å². The summed E-state index contributed by atoms with van der Waals surface area (Å²) in [5.41, 5.74) is 0.0404. The number of nitrogens with one attached hydrogen (secondary N) is 1. The van der Waals surface area contributed by atoms with Gasteiger partial charge in [0.05, 0.1) is 21.8 Å². The lowest BCUT2D eigenvalue weighted by molar-refractivity contribution is -0.136. The van der Waals surface area contributed by atoms with Crippen molar-refractivity contribution in [2.24, 2.45) is 0 Å². The molecule has 4 nitrogen and oxygen atoms in total. The molecular weight excluding hydrogens is 363 g/mol. The molecular formula is C18H16F3N3OS. The highest BCUT2D eigenvalue weighted by atomic mass is 32.1. The average Bonchev–Trinajstić information content (AvgIpc) is 3.23. The predicted octanol–water partition coefficient (Wildman–Crippen LogP) is 5.08. The van der Waals surface area contributed by atoms with Crippen LogP contribution in [0.2, 0.25) is 0 Å². The summed E-state index contributed by atoms with van der Waals surface area (Å²) >= 11 is 1.29. The van der Waals surface area contributed by atoms with E-state index in [0.717, 1.165) is 22.9 Å². The molecule has 8 heteroatoms. The third kappa shape index (κ3) is 3.65. The summed E-state index contributed by atoms with van der Waals surface area (Å²) in [4.78, 5) is 13.8. The van der Waals surface area contributed by atoms with Crippen LogP contribution in [0.25, 0.3) is 5.69 Å². The van der Waals surface area contributed by atoms with Crippen LogP contribution in [0.3, 0.4) is 0 Å². The molecule has 0 aliphatic rings. The minimum atomic E-state index is -4.61. The Balaban J connectivity index is 1.94. The topological polar surface area (TPSA) is 46.9 Å². The van der Waals surface area contributed by atoms with Gasteiger partial charge in [-0.15, -0.1) is 11.3 Å². The van der Waals surface area contributed by atoms with Crippen molar-refractivity contribution in [1.82, 2.24) is 9.78 Å². The molecule has 136 valence electrons. The molecule has 3 rings (SSSR count). The number of hydrogen-bond donors (Lipinski definition) is 1. The maximum absolute atomic E-state index is 13.5. The lowest BCUT2D eigenvalue weighted by Crippen LogP contribution is -2.16. The van der Waals surface area contributed by atoms with E-state index in [0.29, 0.717) is 4.88 Å². The van der Waals surface area contributed by atoms with Gasteiger partial charge in [-0.3, -0.25) is 4.79 Å². The molecule has 0 radical (unpaired) electrons. The summed E-state index contributed by atoms with van der Waals surface area (Å²) in [6, 6.07) is 7.02. The summed E-state index contributed by atoms with van der Waals surface area (Å²) in [6.45, 7) is 3.85. The molecule has 2 aromatic heterocycles. The average molecular weight is 379 g/mol. The smallest absolute Gasteiger partial charge is 0.321 e. The number of halogens is 3. The first-order valence-corrected chi connectivity index (χ1v) is 8.73. The minimum Gasteiger partial charge on any atom is -0.321 e. The van der Waals surface area contributed by atoms with Crippen LogP contribution in [0.5, 0.6) is 0 Å². The van der Waals surface area contributed by atoms with Crippen molar-refractivity contribution in [3.63, 3.8) is 0 Å². The van der Waals surface area contributed by atoms with Gasteiger partial charge >= 0.3 is 6.18 Å². The first kappa shape index (κ1) is 18.2. The Morgan fingerprint density at radius 2 is 2.08 bits per heavy atom. The van der Waals surface area contributed by atoms with E-state index < -0.39 is 17.6 Å². The summed E-state index contributed by atoms with van der Waals surface area (Å²) in [5, 5.41) is 6.33. The van der Waals surface area contributed by atoms with E-state index in [1.165, 1.54) is 34.3 Å². The molecule has 0 saturated heterocycles. The number of aryl methyl sites for hydroxylation is 2. The molecule has 0 fully saturated rings. The SMILES string of the molecule is CCc1sc(C(=O)Nc2ccc(-n3cccn3)cc2C(F)(F)F)cc1C. The summed E-state index contributed by atoms with van der Waals surface area (Å²) in [6.07, 6.45) is -0.802. The Bertz CT molecular complexity index is 930. The standard InChI is InChI=1S/C18H16F3N3OS/c1-3-15-11(2)9-16(26-15)17(25)23-14-6-5-12(24-8-4-7-22-24)10-13(14)18(19,20)21/h4-10H,3H2,1-2H3,(H,23,25). The second-order valence-corrected chi connectivity index (χ2v) is 6.84. The van der Waals surface area contributed by atoms with Gasteiger partial charge in [-0.25, -0.2) is 4.68 Å². The Hall–Kier alpha value is -2.61. The Morgan fingerprint density at radius 1 is 1.31 bits per heavy atom. The number of amides is 1. The van der Waals surface area contributed by atoms with Crippen LogP contribution >= 0.6 is 11.3 Å². The van der Waals surface area contributed by atoms with Crippen LogP contribution in [0.4, 0.5) is 18.9 Å². The van der Waals surface area contributed by atoms with Crippen LogP contribution in [0.15, 0.2) is 42.7 Å². The van der Waals surface area contributed by atoms with Crippen molar-refractivity contribution in [3.05, 3.63) is 63.6 Å². The van der Waals surface area contributed by atoms with Gasteiger partial charge in [-0.2, -0.15) is 18.3 Å². The highest BCUT2D eigenvalue weighted by Crippen LogP contribution is 2.36. The number of hydrogen-bond acceptors (Lipinski definition) is 3. The van der Waals surface area contributed by atoms with E-state index in [1.807, 2.05) is 13.8 Å². The number of alkyl halides is 3. The van der Waals surface area contributed by atoms with Gasteiger partial charge in [0.2, 0.25) is 0 Å². The van der Waals surface area contributed by atoms with E-state index in [2.05, 4.69) is 10.4 Å². The molecule has 1 aromatic carbocycles. The van der Waals surface area contributed by atoms with Gasteiger partial charge in [0.15, 0.2) is 0 Å². The third-order valence-corrected chi connectivity index (χ3v) is 5.27. The monoisotopic (exact) mass is 379 g/mol. The van der Waals surface area contributed by atoms with Crippen LogP contribution in [-0.4, -0.2) is 15.7 Å². The van der Waals surface area contributed by atoms with Gasteiger partial charge in [-0.05, 0) is 49.2 Å². The highest BCUT2D eigenvalue weighted by Gasteiger charge is 2.34. The fourth-order valence-electron chi connectivity index (χ4n) is 2.61. The number of aromatic nitrogens is 2. The van der Waals surface area contributed by atoms with Gasteiger partial charge in [0, 0.05) is 17.3 Å². The maximum atomic E-state index is 13.5. The second-order valence-electron chi connectivity index (χ2n) is 5.70. The van der Waals surface area contributed by atoms with Crippen molar-refractivity contribution in [1.29, 1.82) is 0 Å². The van der Waals surface area contributed by atoms with Gasteiger partial charge in [-0.1, -0.05) is 6.92 Å². The normalized spacial score (nSPS) is 11.6. The third-order valence-electron chi connectivity index (χ3n) is 3.89. The molecule has 0 saturated carbocycles.